The van der Waals surface area contributed by atoms with Gasteiger partial charge in [0.2, 0.25) is 0 Å². The summed E-state index contributed by atoms with van der Waals surface area (Å²) in [6, 6.07) is 3.15. The molecule has 1 aromatic carbocycles. The third kappa shape index (κ3) is 3.03. The van der Waals surface area contributed by atoms with Gasteiger partial charge in [-0.15, -0.1) is 0 Å². The molecule has 0 aliphatic heterocycles. The minimum atomic E-state index is -1.53. The van der Waals surface area contributed by atoms with Crippen molar-refractivity contribution in [3.63, 3.8) is 0 Å². The third-order valence-electron chi connectivity index (χ3n) is 1.47. The number of aromatic carboxylic acids is 1. The van der Waals surface area contributed by atoms with E-state index in [2.05, 4.69) is 0 Å². The van der Waals surface area contributed by atoms with Gasteiger partial charge in [-0.1, -0.05) is 0 Å². The van der Waals surface area contributed by atoms with Crippen LogP contribution in [0.4, 0.5) is 11.4 Å². The van der Waals surface area contributed by atoms with Crippen molar-refractivity contribution in [3.8, 4) is 0 Å². The maximum atomic E-state index is 10.4. The average molecular weight is 220 g/mol. The monoisotopic (exact) mass is 220 g/mol. The van der Waals surface area contributed by atoms with Crippen molar-refractivity contribution in [1.29, 1.82) is 0 Å². The molecular weight excluding hydrogens is 215 g/mol. The molecule has 6 nitrogen and oxygen atoms in total. The molecule has 1 rings (SSSR count). The van der Waals surface area contributed by atoms with Gasteiger partial charge >= 0.3 is 51.4 Å². The molecule has 0 spiro atoms. The van der Waals surface area contributed by atoms with Gasteiger partial charge in [0.1, 0.15) is 0 Å². The van der Waals surface area contributed by atoms with Crippen molar-refractivity contribution in [1.82, 2.24) is 0 Å². The van der Waals surface area contributed by atoms with Gasteiger partial charge in [0, 0.05) is 23.4 Å². The van der Waals surface area contributed by atoms with Crippen molar-refractivity contribution in [2.45, 2.75) is 0 Å². The molecule has 7 heteroatoms. The minimum absolute atomic E-state index is 0. The average Bonchev–Trinajstić information content (AvgIpc) is 2.04. The number of nitrogen functional groups attached to an aromatic ring is 1. The number of nitrogens with zero attached hydrogens (tertiary/aromatic N) is 1. The fourth-order valence-electron chi connectivity index (χ4n) is 0.835. The standard InChI is InChI=1S/C7H6N2O4.K/c8-6-2-1-4(9(12)13)3-5(6)7(10)11;/h1-3H,8H2,(H,10,11);/q;+1/p-1. The van der Waals surface area contributed by atoms with Gasteiger partial charge < -0.3 is 15.6 Å². The fourth-order valence-corrected chi connectivity index (χ4v) is 0.835. The number of nitrogens with two attached hydrogens (primary N) is 1. The Bertz CT molecular complexity index is 380. The first-order valence-corrected chi connectivity index (χ1v) is 3.27. The van der Waals surface area contributed by atoms with Crippen LogP contribution in [-0.2, 0) is 0 Å². The summed E-state index contributed by atoms with van der Waals surface area (Å²) in [6.07, 6.45) is 0. The van der Waals surface area contributed by atoms with Gasteiger partial charge in [-0.25, -0.2) is 0 Å². The van der Waals surface area contributed by atoms with Crippen LogP contribution in [0.2, 0.25) is 0 Å². The van der Waals surface area contributed by atoms with E-state index in [1.807, 2.05) is 0 Å². The Labute approximate surface area is 122 Å². The molecule has 0 fully saturated rings. The van der Waals surface area contributed by atoms with E-state index in [1.165, 1.54) is 0 Å². The number of anilines is 1. The number of non-ortho nitro benzene ring substituents is 1. The van der Waals surface area contributed by atoms with Gasteiger partial charge in [0.25, 0.3) is 5.69 Å². The van der Waals surface area contributed by atoms with Crippen LogP contribution in [0.5, 0.6) is 0 Å². The van der Waals surface area contributed by atoms with E-state index in [9.17, 15) is 20.0 Å². The largest absolute Gasteiger partial charge is 1.00 e. The van der Waals surface area contributed by atoms with Crippen LogP contribution in [0.1, 0.15) is 10.4 Å². The molecule has 0 radical (unpaired) electrons. The summed E-state index contributed by atoms with van der Waals surface area (Å²) in [5, 5.41) is 20.6. The number of nitro groups is 1. The Kier molecular flexibility index (Phi) is 5.23. The quantitative estimate of drug-likeness (QED) is 0.241. The predicted octanol–water partition coefficient (Wildman–Crippen LogP) is -3.46. The van der Waals surface area contributed by atoms with Crippen molar-refractivity contribution in [2.75, 3.05) is 5.73 Å². The van der Waals surface area contributed by atoms with Crippen LogP contribution in [-0.4, -0.2) is 10.9 Å². The van der Waals surface area contributed by atoms with Crippen LogP contribution in [0.3, 0.4) is 0 Å². The van der Waals surface area contributed by atoms with Crippen molar-refractivity contribution < 1.29 is 66.2 Å². The molecule has 14 heavy (non-hydrogen) atoms. The molecule has 0 heterocycles. The van der Waals surface area contributed by atoms with Crippen LogP contribution in [0, 0.1) is 10.1 Å². The number of nitro benzene ring substituents is 1. The normalized spacial score (nSPS) is 8.86. The summed E-state index contributed by atoms with van der Waals surface area (Å²) in [4.78, 5) is 19.9. The Hall–Kier alpha value is -0.474. The first kappa shape index (κ1) is 13.5. The van der Waals surface area contributed by atoms with E-state index in [0.29, 0.717) is 0 Å². The summed E-state index contributed by atoms with van der Waals surface area (Å²) in [5.74, 6) is -1.53. The number of carboxylic acids is 1. The fraction of sp³-hybridized carbons (Fsp3) is 0. The number of benzene rings is 1. The van der Waals surface area contributed by atoms with E-state index in [1.54, 1.807) is 0 Å². The SMILES string of the molecule is Nc1ccc([N+](=O)[O-])cc1C(=O)[O-].[K+]. The topological polar surface area (TPSA) is 109 Å². The molecule has 0 bridgehead atoms. The molecule has 0 aliphatic carbocycles. The van der Waals surface area contributed by atoms with Crippen molar-refractivity contribution in [2.24, 2.45) is 0 Å². The second-order valence-corrected chi connectivity index (χ2v) is 2.32. The minimum Gasteiger partial charge on any atom is -0.545 e. The number of carbonyl (C=O) groups excluding carboxylic acids is 1. The molecule has 1 aromatic rings. The van der Waals surface area contributed by atoms with Crippen LogP contribution < -0.4 is 62.2 Å². The van der Waals surface area contributed by atoms with Crippen LogP contribution in [0.25, 0.3) is 0 Å². The van der Waals surface area contributed by atoms with E-state index in [-0.39, 0.29) is 68.3 Å². The van der Waals surface area contributed by atoms with Crippen LogP contribution in [0.15, 0.2) is 18.2 Å². The Balaban J connectivity index is 0.00000169. The molecule has 0 saturated carbocycles. The number of rotatable bonds is 2. The number of hydrogen-bond donors (Lipinski definition) is 1. The second-order valence-electron chi connectivity index (χ2n) is 2.32. The van der Waals surface area contributed by atoms with Crippen LogP contribution >= 0.6 is 0 Å². The first-order valence-electron chi connectivity index (χ1n) is 3.27. The molecule has 0 aliphatic rings. The molecule has 2 N–H and O–H groups in total. The zero-order chi connectivity index (χ0) is 10.0. The van der Waals surface area contributed by atoms with E-state index < -0.39 is 10.9 Å². The number of carbonyl (C=O) groups is 1. The van der Waals surface area contributed by atoms with E-state index >= 15 is 0 Å². The summed E-state index contributed by atoms with van der Waals surface area (Å²) >= 11 is 0. The number of carboxylic acid groups (broad SMARTS) is 1. The molecule has 68 valence electrons. The predicted molar refractivity (Wildman–Crippen MR) is 41.8 cm³/mol. The van der Waals surface area contributed by atoms with Gasteiger partial charge in [-0.3, -0.25) is 10.1 Å². The smallest absolute Gasteiger partial charge is 0.545 e. The van der Waals surface area contributed by atoms with E-state index in [4.69, 9.17) is 5.73 Å². The Morgan fingerprint density at radius 1 is 1.43 bits per heavy atom. The zero-order valence-corrected chi connectivity index (χ0v) is 10.5. The Morgan fingerprint density at radius 3 is 2.43 bits per heavy atom. The van der Waals surface area contributed by atoms with Crippen molar-refractivity contribution in [3.05, 3.63) is 33.9 Å². The molecule has 0 unspecified atom stereocenters. The van der Waals surface area contributed by atoms with Gasteiger partial charge in [-0.2, -0.15) is 0 Å². The van der Waals surface area contributed by atoms with E-state index in [0.717, 1.165) is 18.2 Å². The molecular formula is C7H5KN2O4. The van der Waals surface area contributed by atoms with Gasteiger partial charge in [-0.05, 0) is 6.07 Å². The molecule has 0 amide bonds. The molecule has 0 aromatic heterocycles. The maximum absolute atomic E-state index is 10.4. The molecule has 0 atom stereocenters. The summed E-state index contributed by atoms with van der Waals surface area (Å²) in [5.41, 5.74) is 4.50. The zero-order valence-electron chi connectivity index (χ0n) is 7.39. The second kappa shape index (κ2) is 5.42. The third-order valence-corrected chi connectivity index (χ3v) is 1.47. The molecule has 0 saturated heterocycles. The number of hydrogen-bond acceptors (Lipinski definition) is 5. The first-order chi connectivity index (χ1) is 6.02. The summed E-state index contributed by atoms with van der Waals surface area (Å²) in [7, 11) is 0. The summed E-state index contributed by atoms with van der Waals surface area (Å²) < 4.78 is 0. The van der Waals surface area contributed by atoms with Crippen molar-refractivity contribution >= 4 is 17.3 Å². The maximum Gasteiger partial charge on any atom is 1.00 e. The summed E-state index contributed by atoms with van der Waals surface area (Å²) in [6.45, 7) is 0. The van der Waals surface area contributed by atoms with Gasteiger partial charge in [0.15, 0.2) is 0 Å². The Morgan fingerprint density at radius 2 is 2.00 bits per heavy atom. The van der Waals surface area contributed by atoms with Gasteiger partial charge in [0.05, 0.1) is 10.9 Å².